The molecule has 0 amide bonds. The lowest BCUT2D eigenvalue weighted by atomic mass is 9.93. The summed E-state index contributed by atoms with van der Waals surface area (Å²) in [6, 6.07) is 0. The highest BCUT2D eigenvalue weighted by molar-refractivity contribution is 5.84. The molecule has 0 saturated carbocycles. The van der Waals surface area contributed by atoms with Gasteiger partial charge in [-0.15, -0.1) is 0 Å². The third-order valence-electron chi connectivity index (χ3n) is 6.04. The first kappa shape index (κ1) is 31.9. The summed E-state index contributed by atoms with van der Waals surface area (Å²) in [5.74, 6) is -1.34. The van der Waals surface area contributed by atoms with Gasteiger partial charge in [0.25, 0.3) is 0 Å². The van der Waals surface area contributed by atoms with E-state index >= 15 is 0 Å². The number of aliphatic hydroxyl groups excluding tert-OH is 5. The first-order chi connectivity index (χ1) is 15.8. The molecule has 0 aliphatic heterocycles. The molecule has 0 aliphatic rings. The molecule has 0 aromatic rings. The molecule has 7 heteroatoms. The summed E-state index contributed by atoms with van der Waals surface area (Å²) in [6.45, 7) is 3.71. The first-order valence-electron chi connectivity index (χ1n) is 12.9. The molecule has 5 atom stereocenters. The lowest BCUT2D eigenvalue weighted by Crippen LogP contribution is -2.52. The minimum atomic E-state index is -2.01. The summed E-state index contributed by atoms with van der Waals surface area (Å²) in [5, 5.41) is 49.2. The predicted octanol–water partition coefficient (Wildman–Crippen LogP) is 3.38. The quantitative estimate of drug-likeness (QED) is 0.120. The van der Waals surface area contributed by atoms with Crippen LogP contribution < -0.4 is 0 Å². The van der Waals surface area contributed by atoms with Crippen LogP contribution in [0.15, 0.2) is 12.2 Å². The number of rotatable bonds is 22. The number of allylic oxidation sites excluding steroid dienone is 2. The lowest BCUT2D eigenvalue weighted by Gasteiger charge is -2.28. The molecule has 0 aromatic heterocycles. The van der Waals surface area contributed by atoms with Crippen molar-refractivity contribution in [2.45, 2.75) is 141 Å². The average molecular weight is 473 g/mol. The van der Waals surface area contributed by atoms with Gasteiger partial charge in [-0.3, -0.25) is 9.59 Å². The Balaban J connectivity index is 3.87. The summed E-state index contributed by atoms with van der Waals surface area (Å²) in [6.07, 6.45) is 9.42. The highest BCUT2D eigenvalue weighted by Crippen LogP contribution is 2.14. The molecule has 0 spiro atoms. The van der Waals surface area contributed by atoms with Gasteiger partial charge in [0.1, 0.15) is 30.5 Å². The van der Waals surface area contributed by atoms with Crippen LogP contribution >= 0.6 is 0 Å². The number of aliphatic hydroxyl groups is 5. The topological polar surface area (TPSA) is 135 Å². The van der Waals surface area contributed by atoms with Crippen molar-refractivity contribution in [1.82, 2.24) is 0 Å². The van der Waals surface area contributed by atoms with E-state index in [-0.39, 0.29) is 12.8 Å². The second-order valence-corrected chi connectivity index (χ2v) is 8.98. The van der Waals surface area contributed by atoms with Crippen molar-refractivity contribution in [1.29, 1.82) is 0 Å². The first-order valence-corrected chi connectivity index (χ1v) is 12.9. The molecule has 0 aliphatic carbocycles. The number of Topliss-reactive ketones (excluding diaryl/α,β-unsaturated/α-hetero) is 2. The molecule has 0 rings (SSSR count). The van der Waals surface area contributed by atoms with Gasteiger partial charge in [-0.2, -0.15) is 0 Å². The fraction of sp³-hybridized carbons (Fsp3) is 0.846. The molecule has 0 heterocycles. The Morgan fingerprint density at radius 2 is 1.00 bits per heavy atom. The SMILES string of the molecule is CCCCCCCC/C=C\CCCCCCCC(=O)C(O)[C@@H](O)[C@@H](O)[C@H](O)[C@@H](O)C(=O)CC. The number of hydrogen-bond donors (Lipinski definition) is 5. The molecule has 5 N–H and O–H groups in total. The number of carbonyl (C=O) groups is 2. The van der Waals surface area contributed by atoms with Gasteiger partial charge in [-0.1, -0.05) is 77.4 Å². The summed E-state index contributed by atoms with van der Waals surface area (Å²) in [5.41, 5.74) is 0. The molecule has 33 heavy (non-hydrogen) atoms. The van der Waals surface area contributed by atoms with Crippen LogP contribution in [0.25, 0.3) is 0 Å². The maximum Gasteiger partial charge on any atom is 0.164 e. The zero-order valence-electron chi connectivity index (χ0n) is 20.7. The molecule has 1 unspecified atom stereocenters. The van der Waals surface area contributed by atoms with Crippen LogP contribution in [0, 0.1) is 0 Å². The van der Waals surface area contributed by atoms with Gasteiger partial charge in [0.05, 0.1) is 0 Å². The maximum absolute atomic E-state index is 12.1. The summed E-state index contributed by atoms with van der Waals surface area (Å²) >= 11 is 0. The molecule has 0 saturated heterocycles. The number of unbranched alkanes of at least 4 members (excludes halogenated alkanes) is 11. The van der Waals surface area contributed by atoms with E-state index in [1.807, 2.05) is 0 Å². The van der Waals surface area contributed by atoms with Gasteiger partial charge in [-0.25, -0.2) is 0 Å². The Morgan fingerprint density at radius 1 is 0.576 bits per heavy atom. The predicted molar refractivity (Wildman–Crippen MR) is 130 cm³/mol. The number of carbonyl (C=O) groups excluding carboxylic acids is 2. The van der Waals surface area contributed by atoms with Crippen molar-refractivity contribution in [3.63, 3.8) is 0 Å². The maximum atomic E-state index is 12.1. The van der Waals surface area contributed by atoms with E-state index in [0.717, 1.165) is 38.5 Å². The van der Waals surface area contributed by atoms with Crippen LogP contribution in [-0.2, 0) is 9.59 Å². The van der Waals surface area contributed by atoms with Gasteiger partial charge in [0, 0.05) is 12.8 Å². The van der Waals surface area contributed by atoms with Gasteiger partial charge in [0.15, 0.2) is 11.6 Å². The van der Waals surface area contributed by atoms with Crippen molar-refractivity contribution in [2.24, 2.45) is 0 Å². The molecule has 194 valence electrons. The Hall–Kier alpha value is -1.12. The smallest absolute Gasteiger partial charge is 0.164 e. The zero-order valence-corrected chi connectivity index (χ0v) is 20.7. The Morgan fingerprint density at radius 3 is 1.48 bits per heavy atom. The molecule has 0 fully saturated rings. The Labute approximate surface area is 199 Å². The summed E-state index contributed by atoms with van der Waals surface area (Å²) in [4.78, 5) is 23.5. The van der Waals surface area contributed by atoms with E-state index in [4.69, 9.17) is 0 Å². The third-order valence-corrected chi connectivity index (χ3v) is 6.04. The van der Waals surface area contributed by atoms with Crippen molar-refractivity contribution < 1.29 is 35.1 Å². The zero-order chi connectivity index (χ0) is 25.1. The molecular weight excluding hydrogens is 424 g/mol. The fourth-order valence-electron chi connectivity index (χ4n) is 3.68. The second kappa shape index (κ2) is 20.3. The third kappa shape index (κ3) is 14.7. The van der Waals surface area contributed by atoms with Crippen molar-refractivity contribution in [2.75, 3.05) is 0 Å². The van der Waals surface area contributed by atoms with Gasteiger partial charge in [-0.05, 0) is 32.1 Å². The van der Waals surface area contributed by atoms with Crippen molar-refractivity contribution in [3.8, 4) is 0 Å². The van der Waals surface area contributed by atoms with Crippen LogP contribution in [0.4, 0.5) is 0 Å². The Bertz CT molecular complexity index is 535. The van der Waals surface area contributed by atoms with Crippen molar-refractivity contribution >= 4 is 11.6 Å². The van der Waals surface area contributed by atoms with E-state index in [0.29, 0.717) is 6.42 Å². The van der Waals surface area contributed by atoms with E-state index < -0.39 is 42.1 Å². The minimum absolute atomic E-state index is 0.0512. The van der Waals surface area contributed by atoms with Gasteiger partial charge in [0.2, 0.25) is 0 Å². The monoisotopic (exact) mass is 472 g/mol. The lowest BCUT2D eigenvalue weighted by molar-refractivity contribution is -0.158. The van der Waals surface area contributed by atoms with E-state index in [1.165, 1.54) is 45.4 Å². The van der Waals surface area contributed by atoms with E-state index in [1.54, 1.807) is 0 Å². The Kier molecular flexibility index (Phi) is 19.6. The number of ketones is 2. The molecule has 0 bridgehead atoms. The van der Waals surface area contributed by atoms with Crippen LogP contribution in [0.5, 0.6) is 0 Å². The van der Waals surface area contributed by atoms with E-state index in [9.17, 15) is 35.1 Å². The largest absolute Gasteiger partial charge is 0.387 e. The molecule has 0 aromatic carbocycles. The number of hydrogen-bond acceptors (Lipinski definition) is 7. The van der Waals surface area contributed by atoms with Gasteiger partial charge >= 0.3 is 0 Å². The summed E-state index contributed by atoms with van der Waals surface area (Å²) in [7, 11) is 0. The summed E-state index contributed by atoms with van der Waals surface area (Å²) < 4.78 is 0. The van der Waals surface area contributed by atoms with Crippen LogP contribution in [-0.4, -0.2) is 67.6 Å². The minimum Gasteiger partial charge on any atom is -0.387 e. The molecular formula is C26H48O7. The van der Waals surface area contributed by atoms with E-state index in [2.05, 4.69) is 19.1 Å². The normalized spacial score (nSPS) is 16.5. The highest BCUT2D eigenvalue weighted by Gasteiger charge is 2.38. The second-order valence-electron chi connectivity index (χ2n) is 8.98. The van der Waals surface area contributed by atoms with Crippen molar-refractivity contribution in [3.05, 3.63) is 12.2 Å². The van der Waals surface area contributed by atoms with Crippen LogP contribution in [0.2, 0.25) is 0 Å². The fourth-order valence-corrected chi connectivity index (χ4v) is 3.68. The standard InChI is InChI=1S/C26H48O7/c1-3-5-6-7-8-9-10-11-12-13-14-15-16-17-18-19-21(28)23(30)25(32)26(33)24(31)22(29)20(27)4-2/h11-12,22-26,29-33H,3-10,13-19H2,1-2H3/b12-11-/t22-,23?,24+,25+,26-/m0/s1. The van der Waals surface area contributed by atoms with Crippen LogP contribution in [0.3, 0.4) is 0 Å². The van der Waals surface area contributed by atoms with Gasteiger partial charge < -0.3 is 25.5 Å². The molecule has 7 nitrogen and oxygen atoms in total. The highest BCUT2D eigenvalue weighted by atomic mass is 16.4. The van der Waals surface area contributed by atoms with Crippen LogP contribution in [0.1, 0.15) is 110 Å². The average Bonchev–Trinajstić information content (AvgIpc) is 2.83. The molecule has 0 radical (unpaired) electrons.